The summed E-state index contributed by atoms with van der Waals surface area (Å²) in [6.45, 7) is 1.50. The molecule has 11 heteroatoms. The molecule has 1 atom stereocenters. The van der Waals surface area contributed by atoms with Crippen LogP contribution in [0.2, 0.25) is 0 Å². The fourth-order valence-corrected chi connectivity index (χ4v) is 6.27. The molecule has 8 nitrogen and oxygen atoms in total. The first-order valence-corrected chi connectivity index (χ1v) is 14.3. The molecule has 1 aliphatic rings. The van der Waals surface area contributed by atoms with Gasteiger partial charge in [0.05, 0.1) is 23.1 Å². The van der Waals surface area contributed by atoms with E-state index in [1.807, 2.05) is 24.3 Å². The second kappa shape index (κ2) is 12.1. The number of ether oxygens (including phenoxy) is 1. The van der Waals surface area contributed by atoms with Crippen LogP contribution in [0, 0.1) is 5.82 Å². The Morgan fingerprint density at radius 3 is 2.79 bits per heavy atom. The number of rotatable bonds is 10. The van der Waals surface area contributed by atoms with Gasteiger partial charge >= 0.3 is 0 Å². The molecule has 1 saturated heterocycles. The highest BCUT2D eigenvalue weighted by Gasteiger charge is 2.19. The molecule has 4 aromatic rings. The molecule has 2 amide bonds. The summed E-state index contributed by atoms with van der Waals surface area (Å²) in [6.07, 6.45) is 2.71. The predicted molar refractivity (Wildman–Crippen MR) is 148 cm³/mol. The minimum absolute atomic E-state index is 0.0593. The van der Waals surface area contributed by atoms with Crippen LogP contribution < -0.4 is 16.2 Å². The van der Waals surface area contributed by atoms with Crippen LogP contribution in [0.15, 0.2) is 58.5 Å². The third kappa shape index (κ3) is 6.06. The summed E-state index contributed by atoms with van der Waals surface area (Å²) in [5.41, 5.74) is 0.489. The maximum atomic E-state index is 13.9. The molecular weight excluding hydrogens is 527 g/mol. The van der Waals surface area contributed by atoms with Crippen LogP contribution in [-0.4, -0.2) is 46.4 Å². The maximum absolute atomic E-state index is 13.9. The summed E-state index contributed by atoms with van der Waals surface area (Å²) in [7, 11) is 0. The first kappa shape index (κ1) is 26.3. The minimum Gasteiger partial charge on any atom is -0.376 e. The summed E-state index contributed by atoms with van der Waals surface area (Å²) in [4.78, 5) is 43.2. The van der Waals surface area contributed by atoms with Crippen molar-refractivity contribution < 1.29 is 18.7 Å². The lowest BCUT2D eigenvalue weighted by Crippen LogP contribution is -2.32. The SMILES string of the molecule is O=C(CCCn1c(SCC(=O)Nc2ccccc2F)nc2c(sc3ccccc32)c1=O)NC[C@H]1CCCO1. The fourth-order valence-electron chi connectivity index (χ4n) is 4.36. The van der Waals surface area contributed by atoms with Gasteiger partial charge in [-0.1, -0.05) is 42.1 Å². The number of anilines is 1. The molecular formula is C27H27FN4O4S2. The van der Waals surface area contributed by atoms with Crippen LogP contribution in [0.3, 0.4) is 0 Å². The van der Waals surface area contributed by atoms with Crippen molar-refractivity contribution in [1.82, 2.24) is 14.9 Å². The number of fused-ring (bicyclic) bond motifs is 3. The standard InChI is InChI=1S/C27H27FN4O4S2/c28-19-9-2-3-10-20(19)30-23(34)16-37-27-31-24-18-8-1-4-11-21(18)38-25(24)26(35)32(27)13-5-12-22(33)29-15-17-7-6-14-36-17/h1-4,8-11,17H,5-7,12-16H2,(H,29,33)(H,30,34)/t17-/m1/s1. The maximum Gasteiger partial charge on any atom is 0.272 e. The average molecular weight is 555 g/mol. The number of para-hydroxylation sites is 1. The number of hydrogen-bond acceptors (Lipinski definition) is 7. The monoisotopic (exact) mass is 554 g/mol. The van der Waals surface area contributed by atoms with Crippen LogP contribution in [-0.2, 0) is 20.9 Å². The Kier molecular flexibility index (Phi) is 8.35. The van der Waals surface area contributed by atoms with Crippen molar-refractivity contribution in [3.63, 3.8) is 0 Å². The third-order valence-electron chi connectivity index (χ3n) is 6.26. The second-order valence-electron chi connectivity index (χ2n) is 8.99. The molecule has 38 heavy (non-hydrogen) atoms. The smallest absolute Gasteiger partial charge is 0.272 e. The van der Waals surface area contributed by atoms with E-state index in [1.54, 1.807) is 12.1 Å². The lowest BCUT2D eigenvalue weighted by Gasteiger charge is -2.13. The Bertz CT molecular complexity index is 1530. The highest BCUT2D eigenvalue weighted by Crippen LogP contribution is 2.32. The van der Waals surface area contributed by atoms with Crippen molar-refractivity contribution in [2.75, 3.05) is 24.2 Å². The fraction of sp³-hybridized carbons (Fsp3) is 0.333. The molecule has 2 N–H and O–H groups in total. The second-order valence-corrected chi connectivity index (χ2v) is 11.0. The Morgan fingerprint density at radius 1 is 1.16 bits per heavy atom. The van der Waals surface area contributed by atoms with Crippen molar-refractivity contribution in [2.45, 2.75) is 43.5 Å². The lowest BCUT2D eigenvalue weighted by atomic mass is 10.2. The van der Waals surface area contributed by atoms with Gasteiger partial charge in [0.1, 0.15) is 10.5 Å². The van der Waals surface area contributed by atoms with E-state index in [1.165, 1.54) is 28.0 Å². The lowest BCUT2D eigenvalue weighted by molar-refractivity contribution is -0.121. The van der Waals surface area contributed by atoms with Gasteiger partial charge in [0, 0.05) is 36.2 Å². The number of halogens is 1. The van der Waals surface area contributed by atoms with Crippen molar-refractivity contribution in [1.29, 1.82) is 0 Å². The zero-order valence-corrected chi connectivity index (χ0v) is 22.2. The molecule has 5 rings (SSSR count). The molecule has 1 fully saturated rings. The number of carbonyl (C=O) groups excluding carboxylic acids is 2. The van der Waals surface area contributed by atoms with Crippen molar-refractivity contribution >= 4 is 60.9 Å². The highest BCUT2D eigenvalue weighted by atomic mass is 32.2. The normalized spacial score (nSPS) is 15.2. The van der Waals surface area contributed by atoms with E-state index >= 15 is 0 Å². The largest absolute Gasteiger partial charge is 0.376 e. The Labute approximate surface area is 226 Å². The van der Waals surface area contributed by atoms with Gasteiger partial charge in [-0.25, -0.2) is 9.37 Å². The van der Waals surface area contributed by atoms with E-state index in [4.69, 9.17) is 9.72 Å². The van der Waals surface area contributed by atoms with Crippen LogP contribution in [0.25, 0.3) is 20.3 Å². The van der Waals surface area contributed by atoms with E-state index in [9.17, 15) is 18.8 Å². The number of thiophene rings is 1. The predicted octanol–water partition coefficient (Wildman–Crippen LogP) is 4.56. The van der Waals surface area contributed by atoms with Crippen LogP contribution in [0.1, 0.15) is 25.7 Å². The Hall–Kier alpha value is -3.28. The van der Waals surface area contributed by atoms with E-state index in [0.717, 1.165) is 41.3 Å². The summed E-state index contributed by atoms with van der Waals surface area (Å²) in [6, 6.07) is 13.6. The third-order valence-corrected chi connectivity index (χ3v) is 8.39. The van der Waals surface area contributed by atoms with E-state index in [-0.39, 0.29) is 42.0 Å². The first-order chi connectivity index (χ1) is 18.5. The summed E-state index contributed by atoms with van der Waals surface area (Å²) in [5, 5.41) is 6.72. The van der Waals surface area contributed by atoms with Gasteiger partial charge in [-0.15, -0.1) is 11.3 Å². The molecule has 0 saturated carbocycles. The van der Waals surface area contributed by atoms with Gasteiger partial charge in [-0.2, -0.15) is 0 Å². The topological polar surface area (TPSA) is 102 Å². The van der Waals surface area contributed by atoms with E-state index in [2.05, 4.69) is 10.6 Å². The average Bonchev–Trinajstić information content (AvgIpc) is 3.57. The zero-order valence-electron chi connectivity index (χ0n) is 20.6. The van der Waals surface area contributed by atoms with Crippen molar-refractivity contribution in [2.24, 2.45) is 0 Å². The van der Waals surface area contributed by atoms with Gasteiger partial charge in [0.15, 0.2) is 5.16 Å². The number of amides is 2. The molecule has 0 radical (unpaired) electrons. The van der Waals surface area contributed by atoms with Crippen LogP contribution in [0.5, 0.6) is 0 Å². The number of benzene rings is 2. The minimum atomic E-state index is -0.523. The molecule has 0 bridgehead atoms. The number of aromatic nitrogens is 2. The molecule has 0 unspecified atom stereocenters. The van der Waals surface area contributed by atoms with Crippen molar-refractivity contribution in [3.05, 3.63) is 64.7 Å². The zero-order chi connectivity index (χ0) is 26.5. The number of hydrogen-bond donors (Lipinski definition) is 2. The molecule has 0 aliphatic carbocycles. The molecule has 0 spiro atoms. The van der Waals surface area contributed by atoms with Crippen LogP contribution in [0.4, 0.5) is 10.1 Å². The molecule has 2 aromatic heterocycles. The van der Waals surface area contributed by atoms with Gasteiger partial charge in [-0.3, -0.25) is 19.0 Å². The highest BCUT2D eigenvalue weighted by molar-refractivity contribution is 7.99. The quantitative estimate of drug-likeness (QED) is 0.220. The summed E-state index contributed by atoms with van der Waals surface area (Å²) >= 11 is 2.49. The number of carbonyl (C=O) groups is 2. The van der Waals surface area contributed by atoms with Crippen molar-refractivity contribution in [3.8, 4) is 0 Å². The van der Waals surface area contributed by atoms with Crippen LogP contribution >= 0.6 is 23.1 Å². The Balaban J connectivity index is 1.32. The summed E-state index contributed by atoms with van der Waals surface area (Å²) < 4.78 is 22.5. The number of thioether (sulfide) groups is 1. The van der Waals surface area contributed by atoms with E-state index < -0.39 is 11.7 Å². The first-order valence-electron chi connectivity index (χ1n) is 12.5. The number of nitrogens with one attached hydrogen (secondary N) is 2. The molecule has 198 valence electrons. The number of nitrogens with zero attached hydrogens (tertiary/aromatic N) is 2. The van der Waals surface area contributed by atoms with E-state index in [0.29, 0.717) is 28.3 Å². The molecule has 1 aliphatic heterocycles. The van der Waals surface area contributed by atoms with Gasteiger partial charge in [0.2, 0.25) is 11.8 Å². The summed E-state index contributed by atoms with van der Waals surface area (Å²) in [5.74, 6) is -1.09. The molecule has 2 aromatic carbocycles. The van der Waals surface area contributed by atoms with Gasteiger partial charge in [-0.05, 0) is 37.5 Å². The Morgan fingerprint density at radius 2 is 1.97 bits per heavy atom. The van der Waals surface area contributed by atoms with Gasteiger partial charge < -0.3 is 15.4 Å². The van der Waals surface area contributed by atoms with Gasteiger partial charge in [0.25, 0.3) is 5.56 Å². The molecule has 3 heterocycles.